The second-order valence-electron chi connectivity index (χ2n) is 7.32. The minimum absolute atomic E-state index is 0.0232. The van der Waals surface area contributed by atoms with Crippen LogP contribution in [0.3, 0.4) is 0 Å². The molecule has 2 N–H and O–H groups in total. The number of carbonyl (C=O) groups excluding carboxylic acids is 3. The number of nitrogens with one attached hydrogen (secondary N) is 2. The number of nitrogens with zero attached hydrogens (tertiary/aromatic N) is 1. The third kappa shape index (κ3) is 4.44. The number of likely N-dealkylation sites (tertiary alicyclic amines) is 1. The second-order valence-corrected chi connectivity index (χ2v) is 9.21. The molecule has 6 nitrogen and oxygen atoms in total. The molecule has 2 aliphatic rings. The van der Waals surface area contributed by atoms with Gasteiger partial charge in [-0.25, -0.2) is 0 Å². The van der Waals surface area contributed by atoms with E-state index in [-0.39, 0.29) is 29.7 Å². The molecule has 1 aliphatic carbocycles. The standard InChI is InChI=1S/C20H23N3O3S2/c24-18(15-3-1-11-27-15)22-17(19(25)21-14-5-6-14)13-7-9-23(10-8-13)20(26)16-4-2-12-28-16/h1-4,11-14,17H,5-10H2,(H,21,25)(H,22,24)/t17-/m0/s1. The molecule has 0 bridgehead atoms. The van der Waals surface area contributed by atoms with Crippen LogP contribution in [0.25, 0.3) is 0 Å². The van der Waals surface area contributed by atoms with Gasteiger partial charge in [0.05, 0.1) is 9.75 Å². The summed E-state index contributed by atoms with van der Waals surface area (Å²) in [6, 6.07) is 6.99. The maximum absolute atomic E-state index is 12.8. The van der Waals surface area contributed by atoms with Gasteiger partial charge in [-0.2, -0.15) is 0 Å². The average molecular weight is 418 g/mol. The summed E-state index contributed by atoms with van der Waals surface area (Å²) in [4.78, 5) is 41.1. The minimum atomic E-state index is -0.561. The van der Waals surface area contributed by atoms with E-state index in [1.165, 1.54) is 22.7 Å². The molecule has 1 saturated heterocycles. The third-order valence-corrected chi connectivity index (χ3v) is 6.99. The quantitative estimate of drug-likeness (QED) is 0.759. The zero-order valence-corrected chi connectivity index (χ0v) is 17.1. The Hall–Kier alpha value is -2.19. The van der Waals surface area contributed by atoms with E-state index >= 15 is 0 Å². The lowest BCUT2D eigenvalue weighted by molar-refractivity contribution is -0.124. The Morgan fingerprint density at radius 3 is 2.18 bits per heavy atom. The number of amides is 3. The number of thiophene rings is 2. The van der Waals surface area contributed by atoms with Gasteiger partial charge >= 0.3 is 0 Å². The van der Waals surface area contributed by atoms with Crippen molar-refractivity contribution in [2.75, 3.05) is 13.1 Å². The zero-order valence-electron chi connectivity index (χ0n) is 15.4. The van der Waals surface area contributed by atoms with E-state index in [0.717, 1.165) is 17.7 Å². The zero-order chi connectivity index (χ0) is 19.5. The predicted molar refractivity (Wildman–Crippen MR) is 110 cm³/mol. The molecule has 0 aromatic carbocycles. The third-order valence-electron chi connectivity index (χ3n) is 5.27. The molecule has 0 unspecified atom stereocenters. The van der Waals surface area contributed by atoms with Gasteiger partial charge in [0.1, 0.15) is 6.04 Å². The molecule has 2 fully saturated rings. The van der Waals surface area contributed by atoms with Gasteiger partial charge in [-0.15, -0.1) is 22.7 Å². The normalized spacial score (nSPS) is 18.5. The Morgan fingerprint density at radius 1 is 0.964 bits per heavy atom. The Labute approximate surface area is 171 Å². The maximum atomic E-state index is 12.8. The van der Waals surface area contributed by atoms with Crippen LogP contribution < -0.4 is 10.6 Å². The first-order valence-electron chi connectivity index (χ1n) is 9.59. The fourth-order valence-electron chi connectivity index (χ4n) is 3.53. The number of hydrogen-bond donors (Lipinski definition) is 2. The molecule has 3 amide bonds. The van der Waals surface area contributed by atoms with E-state index in [0.29, 0.717) is 30.8 Å². The minimum Gasteiger partial charge on any atom is -0.352 e. The van der Waals surface area contributed by atoms with Gasteiger partial charge in [-0.1, -0.05) is 12.1 Å². The summed E-state index contributed by atoms with van der Waals surface area (Å²) in [6.45, 7) is 1.20. The summed E-state index contributed by atoms with van der Waals surface area (Å²) in [5, 5.41) is 9.73. The van der Waals surface area contributed by atoms with E-state index < -0.39 is 6.04 Å². The lowest BCUT2D eigenvalue weighted by Crippen LogP contribution is -2.54. The summed E-state index contributed by atoms with van der Waals surface area (Å²) in [5.74, 6) is -0.233. The van der Waals surface area contributed by atoms with Crippen molar-refractivity contribution < 1.29 is 14.4 Å². The van der Waals surface area contributed by atoms with Crippen molar-refractivity contribution in [1.29, 1.82) is 0 Å². The summed E-state index contributed by atoms with van der Waals surface area (Å²) in [7, 11) is 0. The smallest absolute Gasteiger partial charge is 0.263 e. The maximum Gasteiger partial charge on any atom is 0.263 e. The molecule has 148 valence electrons. The predicted octanol–water partition coefficient (Wildman–Crippen LogP) is 2.74. The molecule has 3 heterocycles. The van der Waals surface area contributed by atoms with Gasteiger partial charge in [0.2, 0.25) is 5.91 Å². The van der Waals surface area contributed by atoms with E-state index in [4.69, 9.17) is 0 Å². The Bertz CT molecular complexity index is 823. The van der Waals surface area contributed by atoms with Crippen LogP contribution in [0.5, 0.6) is 0 Å². The number of piperidine rings is 1. The summed E-state index contributed by atoms with van der Waals surface area (Å²) in [5.41, 5.74) is 0. The van der Waals surface area contributed by atoms with Crippen LogP contribution in [-0.4, -0.2) is 47.8 Å². The SMILES string of the molecule is O=C(N[C@H](C(=O)NC1CC1)C1CCN(C(=O)c2cccs2)CC1)c1cccs1. The van der Waals surface area contributed by atoms with Crippen LogP contribution in [-0.2, 0) is 4.79 Å². The molecule has 8 heteroatoms. The van der Waals surface area contributed by atoms with Crippen LogP contribution in [0.15, 0.2) is 35.0 Å². The molecule has 0 spiro atoms. The molecule has 1 atom stereocenters. The van der Waals surface area contributed by atoms with Gasteiger partial charge in [0.15, 0.2) is 0 Å². The Balaban J connectivity index is 1.40. The number of hydrogen-bond acceptors (Lipinski definition) is 5. The topological polar surface area (TPSA) is 78.5 Å². The largest absolute Gasteiger partial charge is 0.352 e. The molecule has 1 saturated carbocycles. The highest BCUT2D eigenvalue weighted by Crippen LogP contribution is 2.25. The van der Waals surface area contributed by atoms with Crippen LogP contribution in [0, 0.1) is 5.92 Å². The monoisotopic (exact) mass is 417 g/mol. The fraction of sp³-hybridized carbons (Fsp3) is 0.450. The first-order valence-corrected chi connectivity index (χ1v) is 11.4. The summed E-state index contributed by atoms with van der Waals surface area (Å²) >= 11 is 2.81. The van der Waals surface area contributed by atoms with Crippen molar-refractivity contribution in [2.45, 2.75) is 37.8 Å². The van der Waals surface area contributed by atoms with Gasteiger partial charge in [0, 0.05) is 19.1 Å². The molecule has 28 heavy (non-hydrogen) atoms. The molecule has 4 rings (SSSR count). The lowest BCUT2D eigenvalue weighted by atomic mass is 9.88. The van der Waals surface area contributed by atoms with Gasteiger partial charge in [-0.3, -0.25) is 14.4 Å². The van der Waals surface area contributed by atoms with Crippen LogP contribution in [0.4, 0.5) is 0 Å². The molecule has 1 aliphatic heterocycles. The van der Waals surface area contributed by atoms with Gasteiger partial charge in [0.25, 0.3) is 11.8 Å². The molecular weight excluding hydrogens is 394 g/mol. The van der Waals surface area contributed by atoms with E-state index in [1.54, 1.807) is 6.07 Å². The highest BCUT2D eigenvalue weighted by atomic mass is 32.1. The highest BCUT2D eigenvalue weighted by Gasteiger charge is 2.36. The molecular formula is C20H23N3O3S2. The summed E-state index contributed by atoms with van der Waals surface area (Å²) in [6.07, 6.45) is 3.41. The number of rotatable bonds is 6. The number of carbonyl (C=O) groups is 3. The fourth-order valence-corrected chi connectivity index (χ4v) is 4.85. The van der Waals surface area contributed by atoms with Gasteiger partial charge in [-0.05, 0) is 54.5 Å². The first-order chi connectivity index (χ1) is 13.6. The molecule has 2 aromatic rings. The van der Waals surface area contributed by atoms with Crippen molar-refractivity contribution >= 4 is 40.4 Å². The highest BCUT2D eigenvalue weighted by molar-refractivity contribution is 7.12. The van der Waals surface area contributed by atoms with Crippen molar-refractivity contribution in [3.8, 4) is 0 Å². The molecule has 0 radical (unpaired) electrons. The Morgan fingerprint density at radius 2 is 1.61 bits per heavy atom. The lowest BCUT2D eigenvalue weighted by Gasteiger charge is -2.35. The van der Waals surface area contributed by atoms with Crippen molar-refractivity contribution in [1.82, 2.24) is 15.5 Å². The van der Waals surface area contributed by atoms with E-state index in [9.17, 15) is 14.4 Å². The van der Waals surface area contributed by atoms with Gasteiger partial charge < -0.3 is 15.5 Å². The average Bonchev–Trinajstić information content (AvgIpc) is 3.18. The summed E-state index contributed by atoms with van der Waals surface area (Å²) < 4.78 is 0. The van der Waals surface area contributed by atoms with Crippen molar-refractivity contribution in [3.63, 3.8) is 0 Å². The van der Waals surface area contributed by atoms with Crippen molar-refractivity contribution in [2.24, 2.45) is 5.92 Å². The van der Waals surface area contributed by atoms with Crippen LogP contribution in [0.2, 0.25) is 0 Å². The second kappa shape index (κ2) is 8.45. The van der Waals surface area contributed by atoms with E-state index in [2.05, 4.69) is 10.6 Å². The van der Waals surface area contributed by atoms with E-state index in [1.807, 2.05) is 33.9 Å². The Kier molecular flexibility index (Phi) is 5.77. The molecule has 2 aromatic heterocycles. The van der Waals surface area contributed by atoms with Crippen LogP contribution in [0.1, 0.15) is 45.0 Å². The van der Waals surface area contributed by atoms with Crippen LogP contribution >= 0.6 is 22.7 Å². The first kappa shape index (κ1) is 19.1. The van der Waals surface area contributed by atoms with Crippen molar-refractivity contribution in [3.05, 3.63) is 44.8 Å².